The van der Waals surface area contributed by atoms with Gasteiger partial charge in [-0.25, -0.2) is 4.39 Å². The molecule has 0 saturated heterocycles. The van der Waals surface area contributed by atoms with Gasteiger partial charge in [-0.2, -0.15) is 0 Å². The molecule has 0 aliphatic heterocycles. The average Bonchev–Trinajstić information content (AvgIpc) is 2.44. The van der Waals surface area contributed by atoms with Gasteiger partial charge in [0.1, 0.15) is 23.1 Å². The standard InChI is InChI=1S/C14H9Br2FO3/c1-19-13-5-11(16)14(6-10(13)15)20-12-3-2-9(17)4-8(12)7-18/h2-7H,1H3. The maximum atomic E-state index is 13.1. The first-order valence-electron chi connectivity index (χ1n) is 5.50. The summed E-state index contributed by atoms with van der Waals surface area (Å²) in [5, 5.41) is 0. The molecule has 0 saturated carbocycles. The van der Waals surface area contributed by atoms with Gasteiger partial charge in [-0.05, 0) is 62.2 Å². The Kier molecular flexibility index (Phi) is 4.77. The number of benzene rings is 2. The van der Waals surface area contributed by atoms with Crippen LogP contribution in [0, 0.1) is 5.82 Å². The Morgan fingerprint density at radius 3 is 2.35 bits per heavy atom. The van der Waals surface area contributed by atoms with E-state index in [2.05, 4.69) is 31.9 Å². The molecule has 0 N–H and O–H groups in total. The maximum Gasteiger partial charge on any atom is 0.153 e. The zero-order valence-electron chi connectivity index (χ0n) is 10.3. The lowest BCUT2D eigenvalue weighted by molar-refractivity contribution is 0.112. The third-order valence-corrected chi connectivity index (χ3v) is 3.76. The third-order valence-electron chi connectivity index (χ3n) is 2.53. The average molecular weight is 404 g/mol. The molecule has 0 radical (unpaired) electrons. The first-order valence-corrected chi connectivity index (χ1v) is 7.09. The Bertz CT molecular complexity index is 659. The number of carbonyl (C=O) groups is 1. The molecule has 104 valence electrons. The fourth-order valence-corrected chi connectivity index (χ4v) is 2.46. The molecule has 2 aromatic carbocycles. The van der Waals surface area contributed by atoms with Crippen LogP contribution < -0.4 is 9.47 Å². The van der Waals surface area contributed by atoms with E-state index in [4.69, 9.17) is 9.47 Å². The molecule has 2 rings (SSSR count). The van der Waals surface area contributed by atoms with Crippen LogP contribution in [0.25, 0.3) is 0 Å². The van der Waals surface area contributed by atoms with Gasteiger partial charge in [0, 0.05) is 0 Å². The minimum Gasteiger partial charge on any atom is -0.496 e. The van der Waals surface area contributed by atoms with Crippen LogP contribution in [0.15, 0.2) is 39.3 Å². The van der Waals surface area contributed by atoms with Gasteiger partial charge in [0.15, 0.2) is 6.29 Å². The van der Waals surface area contributed by atoms with E-state index in [0.717, 1.165) is 6.07 Å². The fourth-order valence-electron chi connectivity index (χ4n) is 1.57. The van der Waals surface area contributed by atoms with Crippen molar-refractivity contribution in [3.63, 3.8) is 0 Å². The molecule has 0 bridgehead atoms. The van der Waals surface area contributed by atoms with Crippen LogP contribution in [-0.2, 0) is 0 Å². The third kappa shape index (κ3) is 3.19. The summed E-state index contributed by atoms with van der Waals surface area (Å²) >= 11 is 6.70. The molecular weight excluding hydrogens is 395 g/mol. The molecule has 0 fully saturated rings. The van der Waals surface area contributed by atoms with Gasteiger partial charge in [0.05, 0.1) is 21.6 Å². The molecule has 0 aliphatic rings. The summed E-state index contributed by atoms with van der Waals surface area (Å²) in [7, 11) is 1.55. The van der Waals surface area contributed by atoms with E-state index < -0.39 is 5.82 Å². The number of ether oxygens (including phenoxy) is 2. The summed E-state index contributed by atoms with van der Waals surface area (Å²) < 4.78 is 25.2. The molecule has 3 nitrogen and oxygen atoms in total. The predicted octanol–water partition coefficient (Wildman–Crippen LogP) is 4.96. The molecule has 0 spiro atoms. The minimum atomic E-state index is -0.491. The molecule has 0 atom stereocenters. The van der Waals surface area contributed by atoms with E-state index in [0.29, 0.717) is 26.7 Å². The van der Waals surface area contributed by atoms with Gasteiger partial charge in [-0.15, -0.1) is 0 Å². The van der Waals surface area contributed by atoms with Crippen LogP contribution in [0.2, 0.25) is 0 Å². The monoisotopic (exact) mass is 402 g/mol. The Hall–Kier alpha value is -1.40. The van der Waals surface area contributed by atoms with Crippen molar-refractivity contribution in [1.29, 1.82) is 0 Å². The van der Waals surface area contributed by atoms with Gasteiger partial charge < -0.3 is 9.47 Å². The van der Waals surface area contributed by atoms with Crippen LogP contribution in [0.3, 0.4) is 0 Å². The van der Waals surface area contributed by atoms with Crippen LogP contribution in [0.4, 0.5) is 4.39 Å². The number of aldehydes is 1. The zero-order valence-corrected chi connectivity index (χ0v) is 13.5. The van der Waals surface area contributed by atoms with Crippen LogP contribution in [0.1, 0.15) is 10.4 Å². The second-order valence-corrected chi connectivity index (χ2v) is 5.53. The van der Waals surface area contributed by atoms with Gasteiger partial charge >= 0.3 is 0 Å². The molecule has 0 heterocycles. The van der Waals surface area contributed by atoms with Gasteiger partial charge in [-0.3, -0.25) is 4.79 Å². The van der Waals surface area contributed by atoms with Gasteiger partial charge in [-0.1, -0.05) is 0 Å². The van der Waals surface area contributed by atoms with E-state index in [1.165, 1.54) is 12.1 Å². The highest BCUT2D eigenvalue weighted by molar-refractivity contribution is 9.11. The van der Waals surface area contributed by atoms with Crippen LogP contribution in [0.5, 0.6) is 17.2 Å². The van der Waals surface area contributed by atoms with E-state index in [-0.39, 0.29) is 11.3 Å². The lowest BCUT2D eigenvalue weighted by Gasteiger charge is -2.12. The van der Waals surface area contributed by atoms with Crippen molar-refractivity contribution in [1.82, 2.24) is 0 Å². The highest BCUT2D eigenvalue weighted by atomic mass is 79.9. The first-order chi connectivity index (χ1) is 9.55. The quantitative estimate of drug-likeness (QED) is 0.676. The maximum absolute atomic E-state index is 13.1. The van der Waals surface area contributed by atoms with Crippen molar-refractivity contribution < 1.29 is 18.7 Å². The SMILES string of the molecule is COc1cc(Br)c(Oc2ccc(F)cc2C=O)cc1Br. The lowest BCUT2D eigenvalue weighted by atomic mass is 10.2. The van der Waals surface area contributed by atoms with E-state index in [9.17, 15) is 9.18 Å². The van der Waals surface area contributed by atoms with Crippen molar-refractivity contribution >= 4 is 38.1 Å². The second-order valence-electron chi connectivity index (χ2n) is 3.82. The molecule has 20 heavy (non-hydrogen) atoms. The van der Waals surface area contributed by atoms with Crippen molar-refractivity contribution in [2.75, 3.05) is 7.11 Å². The molecule has 0 unspecified atom stereocenters. The summed E-state index contributed by atoms with van der Waals surface area (Å²) in [6.07, 6.45) is 0.547. The lowest BCUT2D eigenvalue weighted by Crippen LogP contribution is -1.93. The van der Waals surface area contributed by atoms with Crippen molar-refractivity contribution in [3.05, 3.63) is 50.7 Å². The Morgan fingerprint density at radius 2 is 1.70 bits per heavy atom. The van der Waals surface area contributed by atoms with E-state index >= 15 is 0 Å². The molecule has 2 aromatic rings. The largest absolute Gasteiger partial charge is 0.496 e. The number of methoxy groups -OCH3 is 1. The first kappa shape index (κ1) is 15.0. The van der Waals surface area contributed by atoms with Crippen molar-refractivity contribution in [2.45, 2.75) is 0 Å². The van der Waals surface area contributed by atoms with Crippen molar-refractivity contribution in [2.24, 2.45) is 0 Å². The normalized spacial score (nSPS) is 10.2. The molecule has 0 aliphatic carbocycles. The van der Waals surface area contributed by atoms with Crippen molar-refractivity contribution in [3.8, 4) is 17.2 Å². The van der Waals surface area contributed by atoms with Crippen LogP contribution >= 0.6 is 31.9 Å². The predicted molar refractivity (Wildman–Crippen MR) is 80.3 cm³/mol. The number of hydrogen-bond acceptors (Lipinski definition) is 3. The summed E-state index contributed by atoms with van der Waals surface area (Å²) in [6, 6.07) is 7.18. The topological polar surface area (TPSA) is 35.5 Å². The zero-order chi connectivity index (χ0) is 14.7. The van der Waals surface area contributed by atoms with E-state index in [1.54, 1.807) is 19.2 Å². The number of rotatable bonds is 4. The summed E-state index contributed by atoms with van der Waals surface area (Å²) in [5.74, 6) is 0.903. The second kappa shape index (κ2) is 6.37. The molecule has 6 heteroatoms. The van der Waals surface area contributed by atoms with Crippen LogP contribution in [-0.4, -0.2) is 13.4 Å². The summed E-state index contributed by atoms with van der Waals surface area (Å²) in [6.45, 7) is 0. The smallest absolute Gasteiger partial charge is 0.153 e. The highest BCUT2D eigenvalue weighted by Crippen LogP contribution is 2.38. The number of carbonyl (C=O) groups excluding carboxylic acids is 1. The Morgan fingerprint density at radius 1 is 1.05 bits per heavy atom. The number of hydrogen-bond donors (Lipinski definition) is 0. The molecule has 0 amide bonds. The molecule has 0 aromatic heterocycles. The number of halogens is 3. The van der Waals surface area contributed by atoms with Gasteiger partial charge in [0.25, 0.3) is 0 Å². The Balaban J connectivity index is 2.40. The highest BCUT2D eigenvalue weighted by Gasteiger charge is 2.11. The van der Waals surface area contributed by atoms with E-state index in [1.807, 2.05) is 0 Å². The fraction of sp³-hybridized carbons (Fsp3) is 0.0714. The summed E-state index contributed by atoms with van der Waals surface area (Å²) in [4.78, 5) is 10.9. The Labute approximate surface area is 132 Å². The summed E-state index contributed by atoms with van der Waals surface area (Å²) in [5.41, 5.74) is 0.142. The minimum absolute atomic E-state index is 0.142. The molecular formula is C14H9Br2FO3. The van der Waals surface area contributed by atoms with Gasteiger partial charge in [0.2, 0.25) is 0 Å².